The maximum atomic E-state index is 11.6. The van der Waals surface area contributed by atoms with Crippen LogP contribution in [0.1, 0.15) is 24.3 Å². The van der Waals surface area contributed by atoms with Crippen LogP contribution in [-0.4, -0.2) is 39.5 Å². The van der Waals surface area contributed by atoms with E-state index in [0.29, 0.717) is 6.54 Å². The van der Waals surface area contributed by atoms with Crippen molar-refractivity contribution in [1.29, 1.82) is 0 Å². The molecule has 0 saturated heterocycles. The molecule has 108 valence electrons. The zero-order valence-corrected chi connectivity index (χ0v) is 10.9. The summed E-state index contributed by atoms with van der Waals surface area (Å²) in [4.78, 5) is 36.2. The molecule has 9 nitrogen and oxygen atoms in total. The van der Waals surface area contributed by atoms with E-state index >= 15 is 0 Å². The molecule has 1 amide bonds. The number of likely N-dealkylation sites (N-methyl/N-ethyl adjacent to an activating group) is 1. The van der Waals surface area contributed by atoms with Crippen molar-refractivity contribution in [3.8, 4) is 0 Å². The van der Waals surface area contributed by atoms with Gasteiger partial charge in [0.2, 0.25) is 11.7 Å². The van der Waals surface area contributed by atoms with Gasteiger partial charge in [-0.25, -0.2) is 9.78 Å². The molecule has 0 saturated carbocycles. The second-order valence-corrected chi connectivity index (χ2v) is 3.89. The minimum atomic E-state index is -1.31. The first-order chi connectivity index (χ1) is 9.36. The molecule has 3 N–H and O–H groups in total. The predicted octanol–water partition coefficient (Wildman–Crippen LogP) is 0.625. The molecule has 0 aliphatic carbocycles. The smallest absolute Gasteiger partial charge is 0.354 e. The van der Waals surface area contributed by atoms with Gasteiger partial charge in [-0.3, -0.25) is 14.9 Å². The number of nitrogens with one attached hydrogen (secondary N) is 2. The third-order valence-corrected chi connectivity index (χ3v) is 2.39. The molecule has 1 aromatic rings. The molecule has 1 unspecified atom stereocenters. The molecular formula is C11H14N4O5. The largest absolute Gasteiger partial charge is 0.477 e. The average Bonchev–Trinajstić information content (AvgIpc) is 2.38. The van der Waals surface area contributed by atoms with Crippen LogP contribution in [0.2, 0.25) is 0 Å². The van der Waals surface area contributed by atoms with Gasteiger partial charge in [-0.15, -0.1) is 0 Å². The first-order valence-corrected chi connectivity index (χ1v) is 5.79. The van der Waals surface area contributed by atoms with Crippen molar-refractivity contribution >= 4 is 23.4 Å². The van der Waals surface area contributed by atoms with Gasteiger partial charge in [-0.05, 0) is 19.9 Å². The Kier molecular flexibility index (Phi) is 4.95. The van der Waals surface area contributed by atoms with Crippen LogP contribution >= 0.6 is 0 Å². The van der Waals surface area contributed by atoms with Crippen molar-refractivity contribution in [3.05, 3.63) is 27.9 Å². The summed E-state index contributed by atoms with van der Waals surface area (Å²) in [6.07, 6.45) is 0. The molecule has 1 atom stereocenters. The lowest BCUT2D eigenvalue weighted by Gasteiger charge is -2.14. The minimum Gasteiger partial charge on any atom is -0.477 e. The Balaban J connectivity index is 3.07. The van der Waals surface area contributed by atoms with E-state index in [9.17, 15) is 19.7 Å². The lowest BCUT2D eigenvalue weighted by Crippen LogP contribution is -2.37. The number of nitrogens with zero attached hydrogens (tertiary/aromatic N) is 2. The molecule has 0 aliphatic rings. The molecular weight excluding hydrogens is 268 g/mol. The van der Waals surface area contributed by atoms with Crippen molar-refractivity contribution in [2.24, 2.45) is 0 Å². The highest BCUT2D eigenvalue weighted by molar-refractivity contribution is 5.87. The van der Waals surface area contributed by atoms with Crippen LogP contribution in [0.3, 0.4) is 0 Å². The van der Waals surface area contributed by atoms with Gasteiger partial charge in [0, 0.05) is 12.6 Å². The van der Waals surface area contributed by atoms with Crippen LogP contribution in [0.25, 0.3) is 0 Å². The first kappa shape index (κ1) is 15.3. The molecule has 9 heteroatoms. The van der Waals surface area contributed by atoms with E-state index in [4.69, 9.17) is 5.11 Å². The van der Waals surface area contributed by atoms with E-state index in [1.807, 2.05) is 0 Å². The molecule has 0 spiro atoms. The summed E-state index contributed by atoms with van der Waals surface area (Å²) in [6, 6.07) is 1.27. The second kappa shape index (κ2) is 6.45. The number of aromatic nitrogens is 1. The van der Waals surface area contributed by atoms with Crippen molar-refractivity contribution in [2.75, 3.05) is 11.9 Å². The van der Waals surface area contributed by atoms with Gasteiger partial charge in [0.1, 0.15) is 6.04 Å². The van der Waals surface area contributed by atoms with Gasteiger partial charge in [-0.2, -0.15) is 0 Å². The zero-order valence-electron chi connectivity index (χ0n) is 10.9. The Labute approximate surface area is 114 Å². The quantitative estimate of drug-likeness (QED) is 0.514. The Morgan fingerprint density at radius 2 is 2.15 bits per heavy atom. The fourth-order valence-corrected chi connectivity index (χ4v) is 1.42. The molecule has 0 fully saturated rings. The zero-order chi connectivity index (χ0) is 15.3. The summed E-state index contributed by atoms with van der Waals surface area (Å²) in [5.41, 5.74) is -0.743. The summed E-state index contributed by atoms with van der Waals surface area (Å²) in [6.45, 7) is 3.63. The number of aromatic carboxylic acids is 1. The number of carboxylic acid groups (broad SMARTS) is 1. The van der Waals surface area contributed by atoms with E-state index in [1.54, 1.807) is 6.92 Å². The van der Waals surface area contributed by atoms with Crippen LogP contribution in [0.5, 0.6) is 0 Å². The lowest BCUT2D eigenvalue weighted by atomic mass is 10.2. The molecule has 0 radical (unpaired) electrons. The van der Waals surface area contributed by atoms with Crippen molar-refractivity contribution in [1.82, 2.24) is 10.3 Å². The fourth-order valence-electron chi connectivity index (χ4n) is 1.42. The molecule has 20 heavy (non-hydrogen) atoms. The Morgan fingerprint density at radius 3 is 2.65 bits per heavy atom. The Hall–Kier alpha value is -2.71. The van der Waals surface area contributed by atoms with E-state index in [1.165, 1.54) is 6.92 Å². The number of nitro groups is 1. The topological polar surface area (TPSA) is 134 Å². The van der Waals surface area contributed by atoms with E-state index in [-0.39, 0.29) is 17.4 Å². The number of pyridine rings is 1. The van der Waals surface area contributed by atoms with Crippen molar-refractivity contribution in [3.63, 3.8) is 0 Å². The van der Waals surface area contributed by atoms with E-state index in [2.05, 4.69) is 15.6 Å². The third-order valence-electron chi connectivity index (χ3n) is 2.39. The number of rotatable bonds is 6. The molecule has 0 aromatic carbocycles. The number of carbonyl (C=O) groups is 2. The number of anilines is 1. The summed E-state index contributed by atoms with van der Waals surface area (Å²) >= 11 is 0. The number of hydrogen-bond acceptors (Lipinski definition) is 6. The summed E-state index contributed by atoms with van der Waals surface area (Å²) < 4.78 is 0. The lowest BCUT2D eigenvalue weighted by molar-refractivity contribution is -0.384. The van der Waals surface area contributed by atoms with Gasteiger partial charge in [0.05, 0.1) is 4.92 Å². The van der Waals surface area contributed by atoms with Crippen LogP contribution in [0.15, 0.2) is 12.1 Å². The second-order valence-electron chi connectivity index (χ2n) is 3.89. The maximum absolute atomic E-state index is 11.6. The molecule has 1 heterocycles. The normalized spacial score (nSPS) is 11.5. The monoisotopic (exact) mass is 282 g/mol. The van der Waals surface area contributed by atoms with Crippen LogP contribution in [0, 0.1) is 10.1 Å². The Bertz CT molecular complexity index is 546. The van der Waals surface area contributed by atoms with E-state index < -0.39 is 22.6 Å². The number of hydrogen-bond donors (Lipinski definition) is 3. The Morgan fingerprint density at radius 1 is 1.50 bits per heavy atom. The van der Waals surface area contributed by atoms with Gasteiger partial charge >= 0.3 is 11.7 Å². The van der Waals surface area contributed by atoms with Gasteiger partial charge in [0.25, 0.3) is 0 Å². The van der Waals surface area contributed by atoms with Crippen LogP contribution in [-0.2, 0) is 4.79 Å². The van der Waals surface area contributed by atoms with Gasteiger partial charge in [-0.1, -0.05) is 0 Å². The standard InChI is InChI=1S/C11H14N4O5/c1-3-12-10(16)6(2)13-9-8(15(19)20)5-4-7(14-9)11(17)18/h4-6H,3H2,1-2H3,(H,12,16)(H,13,14)(H,17,18). The van der Waals surface area contributed by atoms with Crippen LogP contribution in [0.4, 0.5) is 11.5 Å². The summed E-state index contributed by atoms with van der Waals surface area (Å²) in [7, 11) is 0. The molecule has 1 rings (SSSR count). The molecule has 1 aromatic heterocycles. The first-order valence-electron chi connectivity index (χ1n) is 5.79. The third kappa shape index (κ3) is 3.64. The number of carbonyl (C=O) groups excluding carboxylic acids is 1. The summed E-state index contributed by atoms with van der Waals surface area (Å²) in [5, 5.41) is 24.8. The summed E-state index contributed by atoms with van der Waals surface area (Å²) in [5.74, 6) is -1.94. The van der Waals surface area contributed by atoms with E-state index in [0.717, 1.165) is 12.1 Å². The fraction of sp³-hybridized carbons (Fsp3) is 0.364. The maximum Gasteiger partial charge on any atom is 0.354 e. The SMILES string of the molecule is CCNC(=O)C(C)Nc1nc(C(=O)O)ccc1[N+](=O)[O-]. The average molecular weight is 282 g/mol. The highest BCUT2D eigenvalue weighted by atomic mass is 16.6. The van der Waals surface area contributed by atoms with Gasteiger partial charge < -0.3 is 15.7 Å². The molecule has 0 aliphatic heterocycles. The highest BCUT2D eigenvalue weighted by Gasteiger charge is 2.22. The predicted molar refractivity (Wildman–Crippen MR) is 69.6 cm³/mol. The molecule has 0 bridgehead atoms. The minimum absolute atomic E-state index is 0.256. The number of carboxylic acids is 1. The van der Waals surface area contributed by atoms with Crippen LogP contribution < -0.4 is 10.6 Å². The highest BCUT2D eigenvalue weighted by Crippen LogP contribution is 2.22. The van der Waals surface area contributed by atoms with Crippen molar-refractivity contribution < 1.29 is 19.6 Å². The van der Waals surface area contributed by atoms with Crippen molar-refractivity contribution in [2.45, 2.75) is 19.9 Å². The van der Waals surface area contributed by atoms with Gasteiger partial charge in [0.15, 0.2) is 5.69 Å². The number of amides is 1.